The van der Waals surface area contributed by atoms with Gasteiger partial charge >= 0.3 is 51.4 Å². The van der Waals surface area contributed by atoms with Gasteiger partial charge in [0.15, 0.2) is 0 Å². The number of hydrogen-bond acceptors (Lipinski definition) is 1. The average molecular weight is 518 g/mol. The summed E-state index contributed by atoms with van der Waals surface area (Å²) in [6.45, 7) is 5.71. The number of benzene rings is 5. The average Bonchev–Trinajstić information content (AvgIpc) is 3.35. The summed E-state index contributed by atoms with van der Waals surface area (Å²) in [6, 6.07) is 44.6. The van der Waals surface area contributed by atoms with E-state index in [1.54, 1.807) is 6.08 Å². The standard InChI is InChI=1S/C19H18N2.C10H7.C6H5.K/c1-3-5-8-14(4-2)20-15-11-12-19-17(13-15)16-9-6-7-10-18(16)21-19;1-2-6-10-8-4-3-7-9(10)5-1;1-2-4-6-5-3-1;/h3-13,20-21H,1H2,2H3;1-7H;1-5H;/q;2*-1;+1/b8-5-,14-4+;;;. The zero-order chi connectivity index (χ0) is 25.7. The number of aromatic nitrogens is 1. The van der Waals surface area contributed by atoms with Crippen molar-refractivity contribution in [2.75, 3.05) is 5.32 Å². The predicted octanol–water partition coefficient (Wildman–Crippen LogP) is 6.51. The maximum atomic E-state index is 3.70. The van der Waals surface area contributed by atoms with Crippen LogP contribution in [-0.4, -0.2) is 4.98 Å². The fourth-order valence-electron chi connectivity index (χ4n) is 3.88. The van der Waals surface area contributed by atoms with Crippen LogP contribution in [0.3, 0.4) is 0 Å². The SMILES string of the molecule is C=C/C=C\C(=C/C)Nc1ccc2[nH]c3ccccc3c2c1.[K+].[c-]1cccc2ccccc12.[c-]1ccccc1. The molecule has 1 aromatic heterocycles. The summed E-state index contributed by atoms with van der Waals surface area (Å²) in [5.74, 6) is 0. The van der Waals surface area contributed by atoms with Gasteiger partial charge in [0.2, 0.25) is 0 Å². The van der Waals surface area contributed by atoms with Crippen molar-refractivity contribution < 1.29 is 51.4 Å². The van der Waals surface area contributed by atoms with Gasteiger partial charge < -0.3 is 10.3 Å². The third-order valence-corrected chi connectivity index (χ3v) is 5.70. The van der Waals surface area contributed by atoms with Gasteiger partial charge in [-0.05, 0) is 37.3 Å². The van der Waals surface area contributed by atoms with Crippen LogP contribution in [0.5, 0.6) is 0 Å². The number of anilines is 1. The first kappa shape index (κ1) is 29.4. The van der Waals surface area contributed by atoms with Crippen LogP contribution in [0.2, 0.25) is 0 Å². The topological polar surface area (TPSA) is 27.8 Å². The number of rotatable bonds is 4. The molecule has 0 saturated heterocycles. The molecular formula is C35H30KN2-. The summed E-state index contributed by atoms with van der Waals surface area (Å²) in [4.78, 5) is 3.44. The van der Waals surface area contributed by atoms with Crippen molar-refractivity contribution in [1.82, 2.24) is 4.98 Å². The summed E-state index contributed by atoms with van der Waals surface area (Å²) < 4.78 is 0. The number of para-hydroxylation sites is 1. The van der Waals surface area contributed by atoms with Crippen LogP contribution >= 0.6 is 0 Å². The summed E-state index contributed by atoms with van der Waals surface area (Å²) in [5.41, 5.74) is 4.45. The van der Waals surface area contributed by atoms with E-state index in [4.69, 9.17) is 0 Å². The van der Waals surface area contributed by atoms with E-state index in [2.05, 4.69) is 89.7 Å². The van der Waals surface area contributed by atoms with Gasteiger partial charge in [0.1, 0.15) is 0 Å². The Kier molecular flexibility index (Phi) is 12.3. The molecule has 2 N–H and O–H groups in total. The van der Waals surface area contributed by atoms with Crippen LogP contribution in [-0.2, 0) is 0 Å². The van der Waals surface area contributed by atoms with Crippen molar-refractivity contribution in [2.24, 2.45) is 0 Å². The molecule has 3 heteroatoms. The Labute approximate surface area is 268 Å². The Morgan fingerprint density at radius 3 is 2.24 bits per heavy atom. The van der Waals surface area contributed by atoms with Crippen LogP contribution in [0.15, 0.2) is 152 Å². The molecule has 2 nitrogen and oxygen atoms in total. The molecule has 0 bridgehead atoms. The number of allylic oxidation sites excluding steroid dienone is 4. The molecule has 0 saturated carbocycles. The first-order valence-corrected chi connectivity index (χ1v) is 12.3. The molecule has 0 radical (unpaired) electrons. The maximum absolute atomic E-state index is 3.70. The number of aromatic amines is 1. The van der Waals surface area contributed by atoms with Crippen LogP contribution in [0.25, 0.3) is 32.6 Å². The molecule has 0 fully saturated rings. The van der Waals surface area contributed by atoms with Crippen molar-refractivity contribution >= 4 is 38.3 Å². The molecule has 0 spiro atoms. The van der Waals surface area contributed by atoms with Gasteiger partial charge in [-0.25, -0.2) is 0 Å². The second-order valence-corrected chi connectivity index (χ2v) is 8.23. The smallest absolute Gasteiger partial charge is 0.356 e. The molecule has 0 aliphatic carbocycles. The molecule has 0 aliphatic rings. The zero-order valence-corrected chi connectivity index (χ0v) is 25.1. The van der Waals surface area contributed by atoms with Crippen LogP contribution < -0.4 is 56.7 Å². The van der Waals surface area contributed by atoms with Gasteiger partial charge in [-0.2, -0.15) is 36.4 Å². The molecule has 0 amide bonds. The van der Waals surface area contributed by atoms with Crippen LogP contribution in [0.4, 0.5) is 5.69 Å². The Bertz CT molecular complexity index is 1540. The van der Waals surface area contributed by atoms with Gasteiger partial charge in [0.05, 0.1) is 0 Å². The number of fused-ring (bicyclic) bond motifs is 4. The molecule has 6 aromatic rings. The Hall–Kier alpha value is -3.18. The molecule has 0 atom stereocenters. The van der Waals surface area contributed by atoms with Crippen molar-refractivity contribution in [3.05, 3.63) is 164 Å². The molecular weight excluding hydrogens is 487 g/mol. The van der Waals surface area contributed by atoms with Crippen molar-refractivity contribution in [1.29, 1.82) is 0 Å². The Morgan fingerprint density at radius 2 is 1.53 bits per heavy atom. The molecule has 5 aromatic carbocycles. The molecule has 182 valence electrons. The summed E-state index contributed by atoms with van der Waals surface area (Å²) in [6.07, 6.45) is 7.74. The van der Waals surface area contributed by atoms with Gasteiger partial charge in [-0.15, -0.1) is 47.2 Å². The van der Waals surface area contributed by atoms with E-state index >= 15 is 0 Å². The van der Waals surface area contributed by atoms with Crippen LogP contribution in [0.1, 0.15) is 6.92 Å². The molecule has 0 unspecified atom stereocenters. The number of nitrogens with one attached hydrogen (secondary N) is 2. The fraction of sp³-hybridized carbons (Fsp3) is 0.0286. The predicted molar refractivity (Wildman–Crippen MR) is 161 cm³/mol. The molecule has 0 aliphatic heterocycles. The second-order valence-electron chi connectivity index (χ2n) is 8.23. The van der Waals surface area contributed by atoms with E-state index in [-0.39, 0.29) is 51.4 Å². The second kappa shape index (κ2) is 15.9. The van der Waals surface area contributed by atoms with E-state index < -0.39 is 0 Å². The van der Waals surface area contributed by atoms with Crippen molar-refractivity contribution in [3.8, 4) is 0 Å². The van der Waals surface area contributed by atoms with Gasteiger partial charge in [-0.3, -0.25) is 0 Å². The largest absolute Gasteiger partial charge is 1.00 e. The fourth-order valence-corrected chi connectivity index (χ4v) is 3.88. The summed E-state index contributed by atoms with van der Waals surface area (Å²) >= 11 is 0. The van der Waals surface area contributed by atoms with E-state index in [1.165, 1.54) is 27.1 Å². The van der Waals surface area contributed by atoms with Crippen molar-refractivity contribution in [3.63, 3.8) is 0 Å². The van der Waals surface area contributed by atoms with Gasteiger partial charge in [-0.1, -0.05) is 55.1 Å². The minimum atomic E-state index is 0. The minimum Gasteiger partial charge on any atom is -0.356 e. The van der Waals surface area contributed by atoms with E-state index in [0.717, 1.165) is 16.9 Å². The quantitative estimate of drug-likeness (QED) is 0.156. The molecule has 1 heterocycles. The normalized spacial score (nSPS) is 10.7. The zero-order valence-electron chi connectivity index (χ0n) is 22.0. The molecule has 38 heavy (non-hydrogen) atoms. The monoisotopic (exact) mass is 517 g/mol. The Morgan fingerprint density at radius 1 is 0.789 bits per heavy atom. The van der Waals surface area contributed by atoms with E-state index in [0.29, 0.717) is 0 Å². The minimum absolute atomic E-state index is 0. The Balaban J connectivity index is 0.000000193. The molecule has 6 rings (SSSR count). The number of H-pyrrole nitrogens is 1. The summed E-state index contributed by atoms with van der Waals surface area (Å²) in [5, 5.41) is 8.35. The van der Waals surface area contributed by atoms with E-state index in [9.17, 15) is 0 Å². The maximum Gasteiger partial charge on any atom is 1.00 e. The van der Waals surface area contributed by atoms with Crippen LogP contribution in [0, 0.1) is 12.1 Å². The van der Waals surface area contributed by atoms with Crippen molar-refractivity contribution in [2.45, 2.75) is 6.92 Å². The van der Waals surface area contributed by atoms with E-state index in [1.807, 2.05) is 79.7 Å². The first-order chi connectivity index (χ1) is 18.3. The van der Waals surface area contributed by atoms with Gasteiger partial charge in [0, 0.05) is 33.2 Å². The third kappa shape index (κ3) is 8.42. The van der Waals surface area contributed by atoms with Gasteiger partial charge in [0.25, 0.3) is 0 Å². The number of hydrogen-bond donors (Lipinski definition) is 2. The third-order valence-electron chi connectivity index (χ3n) is 5.70. The summed E-state index contributed by atoms with van der Waals surface area (Å²) in [7, 11) is 0. The first-order valence-electron chi connectivity index (χ1n) is 12.3.